The standard InChI is InChI=1S/C24H23N3O2.C14H17NOS.C10H8N2O.C7H8O2/c1-5-27(6-2)20-7-8-23-16(3)9-21(29-24(23)12-20)13-22-11-18(10-17(4)28-22)19(14-25)15-26;1-4-15(5-2)11-6-7-12-10(3)8-14(17)16-13(12)9-11;1-7-4-9(5-8(2)13-7)10(6-11)12-3;1-5-3-7(8)4-6(2)9-5/h7-13H,5-6H2,1-4H3;6-9H,4-5H2,1-3H3;4-5H,1-2H3;3-4H,1-2H3/b21-13+;;;. The third kappa shape index (κ3) is 14.4. The van der Waals surface area contributed by atoms with Crippen LogP contribution in [0, 0.1) is 66.0 Å². The lowest BCUT2D eigenvalue weighted by Crippen LogP contribution is -2.21. The minimum atomic E-state index is 0.0104. The zero-order chi connectivity index (χ0) is 50.1. The topological polar surface area (TPSA) is 153 Å². The molecule has 0 amide bonds. The number of fused-ring (bicyclic) bond motifs is 2. The lowest BCUT2D eigenvalue weighted by molar-refractivity contribution is 0.304. The average Bonchev–Trinajstić information content (AvgIpc) is 3.27. The molecule has 2 aromatic carbocycles. The molecule has 5 heterocycles. The van der Waals surface area contributed by atoms with Crippen LogP contribution in [0.3, 0.4) is 0 Å². The molecule has 348 valence electrons. The number of aryl methyl sites for hydroxylation is 3. The van der Waals surface area contributed by atoms with Crippen LogP contribution in [0.5, 0.6) is 5.75 Å². The van der Waals surface area contributed by atoms with Crippen molar-refractivity contribution in [3.8, 4) is 24.0 Å². The third-order valence-corrected chi connectivity index (χ3v) is 10.6. The Bertz CT molecular complexity index is 3030. The first-order valence-electron chi connectivity index (χ1n) is 22.0. The fourth-order valence-corrected chi connectivity index (χ4v) is 7.60. The number of hydrogen-bond acceptors (Lipinski definition) is 12. The van der Waals surface area contributed by atoms with Gasteiger partial charge in [0.25, 0.3) is 5.70 Å². The summed E-state index contributed by atoms with van der Waals surface area (Å²) in [5.41, 5.74) is 7.82. The van der Waals surface area contributed by atoms with Gasteiger partial charge in [-0.3, -0.25) is 4.79 Å². The Morgan fingerprint density at radius 3 is 1.78 bits per heavy atom. The van der Waals surface area contributed by atoms with Crippen LogP contribution in [0.4, 0.5) is 11.4 Å². The second kappa shape index (κ2) is 25.0. The molecule has 0 fully saturated rings. The number of nitrogens with zero attached hydrogens (tertiary/aromatic N) is 6. The second-order valence-corrected chi connectivity index (χ2v) is 15.9. The molecule has 0 saturated heterocycles. The molecular formula is C55H56N6O6S. The summed E-state index contributed by atoms with van der Waals surface area (Å²) in [5, 5.41) is 28.1. The van der Waals surface area contributed by atoms with E-state index in [1.165, 1.54) is 23.4 Å². The zero-order valence-corrected chi connectivity index (χ0v) is 41.3. The van der Waals surface area contributed by atoms with Crippen molar-refractivity contribution in [3.05, 3.63) is 191 Å². The number of benzene rings is 2. The van der Waals surface area contributed by atoms with Gasteiger partial charge in [0.1, 0.15) is 57.8 Å². The van der Waals surface area contributed by atoms with Crippen LogP contribution < -0.4 is 20.0 Å². The first kappa shape index (κ1) is 52.5. The van der Waals surface area contributed by atoms with Crippen molar-refractivity contribution in [3.63, 3.8) is 0 Å². The number of hydrogen-bond donors (Lipinski definition) is 0. The van der Waals surface area contributed by atoms with E-state index in [9.17, 15) is 4.79 Å². The molecule has 0 aliphatic carbocycles. The maximum atomic E-state index is 10.7. The fourth-order valence-electron chi connectivity index (χ4n) is 7.33. The second-order valence-electron chi connectivity index (χ2n) is 15.5. The summed E-state index contributed by atoms with van der Waals surface area (Å²) in [6.45, 7) is 32.2. The van der Waals surface area contributed by atoms with E-state index in [1.54, 1.807) is 65.0 Å². The van der Waals surface area contributed by atoms with Gasteiger partial charge in [-0.15, -0.1) is 0 Å². The normalized spacial score (nSPS) is 13.7. The summed E-state index contributed by atoms with van der Waals surface area (Å²) in [6.07, 6.45) is 10.5. The molecule has 3 aliphatic heterocycles. The first-order chi connectivity index (χ1) is 32.5. The van der Waals surface area contributed by atoms with Gasteiger partial charge in [-0.1, -0.05) is 0 Å². The molecule has 7 rings (SSSR count). The highest BCUT2D eigenvalue weighted by Gasteiger charge is 2.18. The fraction of sp³-hybridized carbons (Fsp3) is 0.273. The molecule has 0 saturated carbocycles. The molecule has 68 heavy (non-hydrogen) atoms. The van der Waals surface area contributed by atoms with E-state index < -0.39 is 0 Å². The first-order valence-corrected chi connectivity index (χ1v) is 22.4. The quantitative estimate of drug-likeness (QED) is 0.0984. The van der Waals surface area contributed by atoms with Gasteiger partial charge in [0.2, 0.25) is 0 Å². The molecule has 2 aromatic heterocycles. The lowest BCUT2D eigenvalue weighted by atomic mass is 10.0. The van der Waals surface area contributed by atoms with Crippen LogP contribution in [0.25, 0.3) is 21.4 Å². The van der Waals surface area contributed by atoms with Crippen LogP contribution in [-0.4, -0.2) is 26.2 Å². The third-order valence-electron chi connectivity index (χ3n) is 10.4. The van der Waals surface area contributed by atoms with Crippen LogP contribution in [0.15, 0.2) is 156 Å². The molecule has 4 aromatic rings. The number of rotatable bonds is 7. The Balaban J connectivity index is 0.000000218. The Hall–Kier alpha value is -8.10. The predicted octanol–water partition coefficient (Wildman–Crippen LogP) is 13.5. The predicted molar refractivity (Wildman–Crippen MR) is 271 cm³/mol. The van der Waals surface area contributed by atoms with Gasteiger partial charge in [0.05, 0.1) is 24.2 Å². The van der Waals surface area contributed by atoms with Gasteiger partial charge in [0, 0.05) is 84.4 Å². The van der Waals surface area contributed by atoms with Gasteiger partial charge >= 0.3 is 0 Å². The SMILES string of the molecule is CCN(CC)c1ccc2c(C)cc(=S)oc2c1.CCN(CC)c1ccc2c(c1)O/C(=C/C1=CC(=C(C#N)C#N)C=C(C)O1)C=C2C.Cc1cc(=O)cc(C)o1.[C-]#[N+]C(C#N)=C1C=C(C)OC(C)=C1. The maximum Gasteiger partial charge on any atom is 0.269 e. The Kier molecular flexibility index (Phi) is 19.3. The molecule has 0 N–H and O–H groups in total. The van der Waals surface area contributed by atoms with Crippen molar-refractivity contribution < 1.29 is 23.0 Å². The van der Waals surface area contributed by atoms with E-state index >= 15 is 0 Å². The Morgan fingerprint density at radius 2 is 1.24 bits per heavy atom. The number of allylic oxidation sites excluding steroid dienone is 14. The van der Waals surface area contributed by atoms with Crippen LogP contribution >= 0.6 is 12.2 Å². The Morgan fingerprint density at radius 1 is 0.676 bits per heavy atom. The van der Waals surface area contributed by atoms with Crippen molar-refractivity contribution >= 4 is 40.1 Å². The van der Waals surface area contributed by atoms with E-state index in [2.05, 4.69) is 85.7 Å². The molecule has 0 bridgehead atoms. The van der Waals surface area contributed by atoms with Gasteiger partial charge in [-0.05, 0) is 166 Å². The Labute approximate surface area is 404 Å². The van der Waals surface area contributed by atoms with Crippen LogP contribution in [-0.2, 0) is 9.47 Å². The van der Waals surface area contributed by atoms with Crippen LogP contribution in [0.1, 0.15) is 78.0 Å². The smallest absolute Gasteiger partial charge is 0.269 e. The van der Waals surface area contributed by atoms with Crippen molar-refractivity contribution in [2.45, 2.75) is 76.2 Å². The minimum Gasteiger partial charge on any atom is -0.467 e. The van der Waals surface area contributed by atoms with E-state index in [0.29, 0.717) is 56.2 Å². The summed E-state index contributed by atoms with van der Waals surface area (Å²) in [5.74, 6) is 5.30. The minimum absolute atomic E-state index is 0.0104. The van der Waals surface area contributed by atoms with E-state index in [4.69, 9.17) is 57.6 Å². The van der Waals surface area contributed by atoms with Crippen molar-refractivity contribution in [2.24, 2.45) is 0 Å². The number of anilines is 2. The highest BCUT2D eigenvalue weighted by molar-refractivity contribution is 7.71. The molecule has 0 radical (unpaired) electrons. The summed E-state index contributed by atoms with van der Waals surface area (Å²) >= 11 is 5.11. The highest BCUT2D eigenvalue weighted by atomic mass is 32.1. The molecule has 0 unspecified atom stereocenters. The van der Waals surface area contributed by atoms with E-state index in [1.807, 2.05) is 37.3 Å². The highest BCUT2D eigenvalue weighted by Crippen LogP contribution is 2.37. The van der Waals surface area contributed by atoms with Gasteiger partial charge in [-0.25, -0.2) is 10.1 Å². The summed E-state index contributed by atoms with van der Waals surface area (Å²) in [4.78, 5) is 18.3. The van der Waals surface area contributed by atoms with Crippen molar-refractivity contribution in [1.29, 1.82) is 15.8 Å². The van der Waals surface area contributed by atoms with Crippen LogP contribution in [0.2, 0.25) is 0 Å². The average molecular weight is 929 g/mol. The maximum absolute atomic E-state index is 10.7. The summed E-state index contributed by atoms with van der Waals surface area (Å²) in [6, 6.07) is 23.1. The molecule has 12 nitrogen and oxygen atoms in total. The molecule has 0 atom stereocenters. The van der Waals surface area contributed by atoms with Crippen molar-refractivity contribution in [2.75, 3.05) is 36.0 Å². The van der Waals surface area contributed by atoms with Crippen molar-refractivity contribution in [1.82, 2.24) is 0 Å². The molecule has 3 aliphatic rings. The lowest BCUT2D eigenvalue weighted by Gasteiger charge is -2.25. The molecule has 0 spiro atoms. The van der Waals surface area contributed by atoms with Gasteiger partial charge < -0.3 is 32.8 Å². The molecular weight excluding hydrogens is 873 g/mol. The zero-order valence-electron chi connectivity index (χ0n) is 40.5. The van der Waals surface area contributed by atoms with E-state index in [0.717, 1.165) is 59.7 Å². The summed E-state index contributed by atoms with van der Waals surface area (Å²) < 4.78 is 28.3. The molecule has 13 heteroatoms. The summed E-state index contributed by atoms with van der Waals surface area (Å²) in [7, 11) is 0. The largest absolute Gasteiger partial charge is 0.467 e. The number of nitriles is 3. The van der Waals surface area contributed by atoms with E-state index in [-0.39, 0.29) is 16.7 Å². The monoisotopic (exact) mass is 928 g/mol. The van der Waals surface area contributed by atoms with Gasteiger partial charge in [-0.2, -0.15) is 10.5 Å². The number of ether oxygens (including phenoxy) is 3. The van der Waals surface area contributed by atoms with Gasteiger partial charge in [0.15, 0.2) is 10.1 Å².